The Hall–Kier alpha value is -2.52. The summed E-state index contributed by atoms with van der Waals surface area (Å²) in [5, 5.41) is 19.7. The number of nitrogens with zero attached hydrogens (tertiary/aromatic N) is 3. The van der Waals surface area contributed by atoms with Crippen LogP contribution < -0.4 is 10.6 Å². The van der Waals surface area contributed by atoms with Crippen LogP contribution in [0.5, 0.6) is 0 Å². The average Bonchev–Trinajstić information content (AvgIpc) is 3.19. The zero-order valence-electron chi connectivity index (χ0n) is 14.0. The van der Waals surface area contributed by atoms with Crippen molar-refractivity contribution in [2.24, 2.45) is 5.92 Å². The molecule has 2 amide bonds. The predicted octanol–water partition coefficient (Wildman–Crippen LogP) is 0.612. The van der Waals surface area contributed by atoms with Crippen molar-refractivity contribution in [1.29, 1.82) is 0 Å². The molecule has 1 saturated carbocycles. The first-order valence-electron chi connectivity index (χ1n) is 8.09. The predicted molar refractivity (Wildman–Crippen MR) is 90.1 cm³/mol. The van der Waals surface area contributed by atoms with Gasteiger partial charge in [-0.1, -0.05) is 16.8 Å². The molecule has 2 heterocycles. The number of hydrogen-bond donors (Lipinski definition) is 3. The van der Waals surface area contributed by atoms with Gasteiger partial charge in [-0.3, -0.25) is 9.59 Å². The molecular weight excluding hydrogens is 362 g/mol. The number of carbonyl (C=O) groups is 2. The number of aromatic nitrogens is 3. The zero-order chi connectivity index (χ0) is 18.7. The molecule has 26 heavy (non-hydrogen) atoms. The van der Waals surface area contributed by atoms with Crippen molar-refractivity contribution in [2.45, 2.75) is 38.5 Å². The van der Waals surface area contributed by atoms with Crippen LogP contribution in [0.25, 0.3) is 0 Å². The minimum Gasteiger partial charge on any atom is -0.391 e. The molecule has 1 aliphatic rings. The number of amides is 2. The van der Waals surface area contributed by atoms with E-state index in [-0.39, 0.29) is 24.6 Å². The molecule has 9 nitrogen and oxygen atoms in total. The molecule has 3 N–H and O–H groups in total. The summed E-state index contributed by atoms with van der Waals surface area (Å²) in [6, 6.07) is 2.53. The molecule has 1 aliphatic carbocycles. The summed E-state index contributed by atoms with van der Waals surface area (Å²) in [6.45, 7) is 1.81. The van der Waals surface area contributed by atoms with Crippen molar-refractivity contribution < 1.29 is 19.2 Å². The van der Waals surface area contributed by atoms with Crippen molar-refractivity contribution >= 4 is 23.4 Å². The molecule has 0 unspecified atom stereocenters. The largest absolute Gasteiger partial charge is 0.391 e. The summed E-state index contributed by atoms with van der Waals surface area (Å²) < 4.78 is 4.84. The number of rotatable bonds is 5. The molecule has 0 radical (unpaired) electrons. The highest BCUT2D eigenvalue weighted by atomic mass is 35.5. The van der Waals surface area contributed by atoms with Gasteiger partial charge in [0.05, 0.1) is 23.7 Å². The third-order valence-corrected chi connectivity index (χ3v) is 4.39. The molecule has 2 aromatic rings. The van der Waals surface area contributed by atoms with Crippen molar-refractivity contribution in [2.75, 3.05) is 0 Å². The average molecular weight is 380 g/mol. The summed E-state index contributed by atoms with van der Waals surface area (Å²) in [4.78, 5) is 32.4. The Labute approximate surface area is 154 Å². The van der Waals surface area contributed by atoms with Crippen LogP contribution in [0.4, 0.5) is 0 Å². The normalized spacial score (nSPS) is 22.2. The second-order valence-electron chi connectivity index (χ2n) is 6.12. The SMILES string of the molecule is Cc1nc(CNC(=O)[C@@H]2C[C@@H](O)[C@H](NC(=O)c3ccc(Cl)cn3)C2)no1. The summed E-state index contributed by atoms with van der Waals surface area (Å²) in [5.41, 5.74) is 0.196. The number of nitrogens with one attached hydrogen (secondary N) is 2. The van der Waals surface area contributed by atoms with E-state index in [1.807, 2.05) is 0 Å². The number of hydrogen-bond acceptors (Lipinski definition) is 7. The van der Waals surface area contributed by atoms with E-state index in [0.717, 1.165) is 0 Å². The van der Waals surface area contributed by atoms with Gasteiger partial charge in [0, 0.05) is 19.0 Å². The maximum absolute atomic E-state index is 12.3. The molecule has 0 aliphatic heterocycles. The lowest BCUT2D eigenvalue weighted by Gasteiger charge is -2.16. The number of carbonyl (C=O) groups excluding carboxylic acids is 2. The standard InChI is InChI=1S/C16H18ClN5O4/c1-8-20-14(22-26-8)7-19-15(24)9-4-12(13(23)5-9)21-16(25)11-3-2-10(17)6-18-11/h2-3,6,9,12-13,23H,4-5,7H2,1H3,(H,19,24)(H,21,25)/t9-,12+,13+/m0/s1. The third-order valence-electron chi connectivity index (χ3n) is 4.17. The summed E-state index contributed by atoms with van der Waals surface area (Å²) in [5.74, 6) is -0.263. The lowest BCUT2D eigenvalue weighted by atomic mass is 10.1. The highest BCUT2D eigenvalue weighted by Gasteiger charge is 2.37. The van der Waals surface area contributed by atoms with Gasteiger partial charge in [0.1, 0.15) is 5.69 Å². The van der Waals surface area contributed by atoms with Gasteiger partial charge in [-0.2, -0.15) is 4.98 Å². The quantitative estimate of drug-likeness (QED) is 0.693. The second kappa shape index (κ2) is 7.79. The van der Waals surface area contributed by atoms with E-state index >= 15 is 0 Å². The molecule has 3 atom stereocenters. The number of aryl methyl sites for hydroxylation is 1. The van der Waals surface area contributed by atoms with Gasteiger partial charge in [-0.15, -0.1) is 0 Å². The maximum Gasteiger partial charge on any atom is 0.270 e. The Morgan fingerprint density at radius 3 is 2.85 bits per heavy atom. The van der Waals surface area contributed by atoms with Gasteiger partial charge in [-0.25, -0.2) is 4.98 Å². The van der Waals surface area contributed by atoms with E-state index in [2.05, 4.69) is 25.8 Å². The van der Waals surface area contributed by atoms with Gasteiger partial charge in [0.2, 0.25) is 11.8 Å². The number of aliphatic hydroxyl groups excluding tert-OH is 1. The van der Waals surface area contributed by atoms with Gasteiger partial charge in [0.25, 0.3) is 5.91 Å². The van der Waals surface area contributed by atoms with E-state index in [9.17, 15) is 14.7 Å². The van der Waals surface area contributed by atoms with Crippen molar-refractivity contribution in [3.05, 3.63) is 40.8 Å². The van der Waals surface area contributed by atoms with Gasteiger partial charge < -0.3 is 20.3 Å². The van der Waals surface area contributed by atoms with Crippen molar-refractivity contribution in [3.8, 4) is 0 Å². The minimum atomic E-state index is -0.811. The highest BCUT2D eigenvalue weighted by molar-refractivity contribution is 6.30. The maximum atomic E-state index is 12.3. The number of pyridine rings is 1. The Balaban J connectivity index is 1.52. The van der Waals surface area contributed by atoms with Crippen LogP contribution in [0.3, 0.4) is 0 Å². The van der Waals surface area contributed by atoms with E-state index in [1.54, 1.807) is 13.0 Å². The number of aliphatic hydroxyl groups is 1. The van der Waals surface area contributed by atoms with Crippen LogP contribution in [0.1, 0.15) is 35.0 Å². The molecule has 10 heteroatoms. The summed E-state index contributed by atoms with van der Waals surface area (Å²) in [7, 11) is 0. The fourth-order valence-electron chi connectivity index (χ4n) is 2.86. The van der Waals surface area contributed by atoms with Crippen molar-refractivity contribution in [1.82, 2.24) is 25.8 Å². The summed E-state index contributed by atoms with van der Waals surface area (Å²) in [6.07, 6.45) is 1.15. The smallest absolute Gasteiger partial charge is 0.270 e. The van der Waals surface area contributed by atoms with E-state index < -0.39 is 24.0 Å². The van der Waals surface area contributed by atoms with E-state index in [0.29, 0.717) is 23.2 Å². The van der Waals surface area contributed by atoms with E-state index in [4.69, 9.17) is 16.1 Å². The first-order valence-corrected chi connectivity index (χ1v) is 8.47. The van der Waals surface area contributed by atoms with Gasteiger partial charge in [0.15, 0.2) is 5.82 Å². The van der Waals surface area contributed by atoms with Crippen molar-refractivity contribution in [3.63, 3.8) is 0 Å². The van der Waals surface area contributed by atoms with Crippen LogP contribution in [-0.2, 0) is 11.3 Å². The van der Waals surface area contributed by atoms with Crippen LogP contribution >= 0.6 is 11.6 Å². The first kappa shape index (κ1) is 18.3. The zero-order valence-corrected chi connectivity index (χ0v) is 14.7. The van der Waals surface area contributed by atoms with Crippen LogP contribution in [-0.4, -0.2) is 44.2 Å². The van der Waals surface area contributed by atoms with E-state index in [1.165, 1.54) is 12.3 Å². The number of halogens is 1. The molecular formula is C16H18ClN5O4. The monoisotopic (exact) mass is 379 g/mol. The molecule has 0 aromatic carbocycles. The Morgan fingerprint density at radius 2 is 2.19 bits per heavy atom. The fourth-order valence-corrected chi connectivity index (χ4v) is 2.97. The van der Waals surface area contributed by atoms with Gasteiger partial charge >= 0.3 is 0 Å². The van der Waals surface area contributed by atoms with Crippen LogP contribution in [0.2, 0.25) is 5.02 Å². The lowest BCUT2D eigenvalue weighted by Crippen LogP contribution is -2.40. The minimum absolute atomic E-state index is 0.147. The molecule has 1 fully saturated rings. The second-order valence-corrected chi connectivity index (χ2v) is 6.56. The fraction of sp³-hybridized carbons (Fsp3) is 0.438. The Kier molecular flexibility index (Phi) is 5.48. The lowest BCUT2D eigenvalue weighted by molar-refractivity contribution is -0.125. The van der Waals surface area contributed by atoms with Gasteiger partial charge in [-0.05, 0) is 25.0 Å². The highest BCUT2D eigenvalue weighted by Crippen LogP contribution is 2.26. The molecule has 0 spiro atoms. The molecule has 2 aromatic heterocycles. The van der Waals surface area contributed by atoms with Crippen LogP contribution in [0, 0.1) is 12.8 Å². The third kappa shape index (κ3) is 4.36. The summed E-state index contributed by atoms with van der Waals surface area (Å²) >= 11 is 5.75. The first-order chi connectivity index (χ1) is 12.4. The molecule has 3 rings (SSSR count). The Bertz CT molecular complexity index is 794. The Morgan fingerprint density at radius 1 is 1.38 bits per heavy atom. The molecule has 0 saturated heterocycles. The topological polar surface area (TPSA) is 130 Å². The molecule has 138 valence electrons. The van der Waals surface area contributed by atoms with Crippen LogP contribution in [0.15, 0.2) is 22.9 Å². The molecule has 0 bridgehead atoms.